The van der Waals surface area contributed by atoms with Crippen LogP contribution in [0.15, 0.2) is 53.1 Å². The van der Waals surface area contributed by atoms with E-state index in [1.807, 2.05) is 0 Å². The van der Waals surface area contributed by atoms with Crippen LogP contribution in [0.25, 0.3) is 11.5 Å². The van der Waals surface area contributed by atoms with E-state index < -0.39 is 36.2 Å². The highest BCUT2D eigenvalue weighted by atomic mass is 19.3. The van der Waals surface area contributed by atoms with E-state index in [0.29, 0.717) is 29.9 Å². The lowest BCUT2D eigenvalue weighted by Crippen LogP contribution is -2.71. The first-order valence-electron chi connectivity index (χ1n) is 12.1. The van der Waals surface area contributed by atoms with Crippen molar-refractivity contribution in [2.24, 2.45) is 0 Å². The zero-order valence-corrected chi connectivity index (χ0v) is 20.2. The number of hydrogen-bond donors (Lipinski definition) is 1. The third kappa shape index (κ3) is 5.05. The number of hydrogen-bond acceptors (Lipinski definition) is 7. The number of aromatic nitrogens is 3. The van der Waals surface area contributed by atoms with Gasteiger partial charge in [0, 0.05) is 31.5 Å². The molecule has 0 saturated carbocycles. The van der Waals surface area contributed by atoms with Crippen LogP contribution in [0, 0.1) is 0 Å². The molecule has 1 atom stereocenters. The average Bonchev–Trinajstić information content (AvgIpc) is 3.41. The van der Waals surface area contributed by atoms with Gasteiger partial charge >= 0.3 is 12.5 Å². The maximum absolute atomic E-state index is 15.9. The fourth-order valence-corrected chi connectivity index (χ4v) is 4.84. The number of pyridine rings is 1. The van der Waals surface area contributed by atoms with Crippen molar-refractivity contribution < 1.29 is 32.3 Å². The molecule has 0 spiro atoms. The summed E-state index contributed by atoms with van der Waals surface area (Å²) in [6, 6.07) is 11.7. The molecule has 0 bridgehead atoms. The highest BCUT2D eigenvalue weighted by molar-refractivity contribution is 6.00. The SMILES string of the molecule is O=C(O)N1CCCCC1N1CC(F)(C(=O)N(Cc2ccc(-c3nnc(C(F)F)o3)cn2)c2ccccc2)C1. The number of halogens is 3. The van der Waals surface area contributed by atoms with E-state index >= 15 is 4.39 Å². The van der Waals surface area contributed by atoms with Crippen LogP contribution >= 0.6 is 0 Å². The second-order valence-electron chi connectivity index (χ2n) is 9.33. The monoisotopic (exact) mass is 530 g/mol. The van der Waals surface area contributed by atoms with Gasteiger partial charge in [0.2, 0.25) is 11.6 Å². The number of amides is 2. The van der Waals surface area contributed by atoms with Crippen LogP contribution in [0.2, 0.25) is 0 Å². The maximum atomic E-state index is 15.9. The predicted octanol–water partition coefficient (Wildman–Crippen LogP) is 4.12. The molecule has 1 unspecified atom stereocenters. The van der Waals surface area contributed by atoms with Crippen molar-refractivity contribution in [2.75, 3.05) is 24.5 Å². The van der Waals surface area contributed by atoms with Gasteiger partial charge in [-0.2, -0.15) is 8.78 Å². The molecular weight excluding hydrogens is 505 g/mol. The van der Waals surface area contributed by atoms with Gasteiger partial charge in [-0.3, -0.25) is 19.6 Å². The summed E-state index contributed by atoms with van der Waals surface area (Å²) in [4.78, 5) is 33.7. The quantitative estimate of drug-likeness (QED) is 0.485. The van der Waals surface area contributed by atoms with Gasteiger partial charge < -0.3 is 14.4 Å². The summed E-state index contributed by atoms with van der Waals surface area (Å²) < 4.78 is 46.3. The molecular formula is C25H25F3N6O4. The first kappa shape index (κ1) is 25.6. The summed E-state index contributed by atoms with van der Waals surface area (Å²) in [6.45, 7) is -0.0839. The van der Waals surface area contributed by atoms with Crippen molar-refractivity contribution in [3.63, 3.8) is 0 Å². The Morgan fingerprint density at radius 1 is 1.13 bits per heavy atom. The van der Waals surface area contributed by atoms with E-state index in [0.717, 1.165) is 12.8 Å². The van der Waals surface area contributed by atoms with Gasteiger partial charge in [-0.05, 0) is 43.5 Å². The Labute approximate surface area is 215 Å². The number of carbonyl (C=O) groups is 2. The summed E-state index contributed by atoms with van der Waals surface area (Å²) in [6.07, 6.45) is -0.863. The molecule has 10 nitrogen and oxygen atoms in total. The fraction of sp³-hybridized carbons (Fsp3) is 0.400. The number of benzene rings is 1. The third-order valence-corrected chi connectivity index (χ3v) is 6.76. The highest BCUT2D eigenvalue weighted by Crippen LogP contribution is 2.35. The fourth-order valence-electron chi connectivity index (χ4n) is 4.84. The van der Waals surface area contributed by atoms with E-state index in [1.54, 1.807) is 47.4 Å². The Balaban J connectivity index is 1.32. The summed E-state index contributed by atoms with van der Waals surface area (Å²) >= 11 is 0. The summed E-state index contributed by atoms with van der Waals surface area (Å²) in [5.41, 5.74) is -0.976. The number of likely N-dealkylation sites (tertiary alicyclic amines) is 2. The minimum absolute atomic E-state index is 0.0500. The first-order valence-corrected chi connectivity index (χ1v) is 12.1. The molecule has 2 fully saturated rings. The van der Waals surface area contributed by atoms with E-state index in [2.05, 4.69) is 15.2 Å². The van der Waals surface area contributed by atoms with Gasteiger partial charge in [0.05, 0.1) is 24.0 Å². The highest BCUT2D eigenvalue weighted by Gasteiger charge is 2.55. The van der Waals surface area contributed by atoms with Crippen LogP contribution in [-0.4, -0.2) is 73.6 Å². The van der Waals surface area contributed by atoms with Crippen LogP contribution < -0.4 is 4.90 Å². The van der Waals surface area contributed by atoms with Gasteiger partial charge in [-0.1, -0.05) is 18.2 Å². The normalized spacial score (nSPS) is 19.3. The molecule has 2 saturated heterocycles. The lowest BCUT2D eigenvalue weighted by molar-refractivity contribution is -0.151. The molecule has 2 aliphatic heterocycles. The summed E-state index contributed by atoms with van der Waals surface area (Å²) in [7, 11) is 0. The Morgan fingerprint density at radius 2 is 1.89 bits per heavy atom. The van der Waals surface area contributed by atoms with Crippen molar-refractivity contribution in [3.05, 3.63) is 60.2 Å². The van der Waals surface area contributed by atoms with Crippen molar-refractivity contribution in [1.82, 2.24) is 25.0 Å². The molecule has 3 aromatic rings. The van der Waals surface area contributed by atoms with Crippen LogP contribution in [0.1, 0.15) is 37.3 Å². The summed E-state index contributed by atoms with van der Waals surface area (Å²) in [5, 5.41) is 16.4. The molecule has 2 aliphatic rings. The van der Waals surface area contributed by atoms with Gasteiger partial charge in [0.1, 0.15) is 0 Å². The Hall–Kier alpha value is -4.00. The maximum Gasteiger partial charge on any atom is 0.408 e. The van der Waals surface area contributed by atoms with Crippen LogP contribution in [-0.2, 0) is 11.3 Å². The van der Waals surface area contributed by atoms with E-state index in [9.17, 15) is 23.5 Å². The number of para-hydroxylation sites is 1. The number of nitrogens with zero attached hydrogens (tertiary/aromatic N) is 6. The van der Waals surface area contributed by atoms with E-state index in [-0.39, 0.29) is 25.5 Å². The van der Waals surface area contributed by atoms with Gasteiger partial charge in [-0.15, -0.1) is 10.2 Å². The number of piperidine rings is 1. The standard InChI is InChI=1S/C25H25F3N6O4/c26-20(27)22-31-30-21(38-22)16-9-10-17(29-12-16)13-34(18-6-2-1-3-7-18)23(35)25(28)14-32(15-25)19-8-4-5-11-33(19)24(36)37/h1-3,6-7,9-10,12,19-20H,4-5,8,11,13-15H2,(H,36,37). The molecule has 2 amide bonds. The Bertz CT molecular complexity index is 1280. The lowest BCUT2D eigenvalue weighted by atomic mass is 9.91. The zero-order chi connectivity index (χ0) is 26.9. The topological polar surface area (TPSA) is 116 Å². The Kier molecular flexibility index (Phi) is 7.02. The van der Waals surface area contributed by atoms with Gasteiger partial charge in [0.15, 0.2) is 0 Å². The van der Waals surface area contributed by atoms with Crippen molar-refractivity contribution in [2.45, 2.75) is 44.1 Å². The molecule has 1 N–H and O–H groups in total. The molecule has 4 heterocycles. The predicted molar refractivity (Wildman–Crippen MR) is 128 cm³/mol. The van der Waals surface area contributed by atoms with Crippen LogP contribution in [0.4, 0.5) is 23.7 Å². The van der Waals surface area contributed by atoms with E-state index in [4.69, 9.17) is 4.42 Å². The van der Waals surface area contributed by atoms with Crippen LogP contribution in [0.5, 0.6) is 0 Å². The van der Waals surface area contributed by atoms with Crippen molar-refractivity contribution >= 4 is 17.7 Å². The smallest absolute Gasteiger partial charge is 0.408 e. The minimum Gasteiger partial charge on any atom is -0.465 e. The second-order valence-corrected chi connectivity index (χ2v) is 9.33. The number of rotatable bonds is 7. The zero-order valence-electron chi connectivity index (χ0n) is 20.2. The van der Waals surface area contributed by atoms with Gasteiger partial charge in [0.25, 0.3) is 11.8 Å². The number of carbonyl (C=O) groups excluding carboxylic acids is 1. The number of carboxylic acid groups (broad SMARTS) is 1. The van der Waals surface area contributed by atoms with Crippen molar-refractivity contribution in [3.8, 4) is 11.5 Å². The second kappa shape index (κ2) is 10.4. The number of alkyl halides is 3. The van der Waals surface area contributed by atoms with Crippen LogP contribution in [0.3, 0.4) is 0 Å². The molecule has 38 heavy (non-hydrogen) atoms. The average molecular weight is 531 g/mol. The lowest BCUT2D eigenvalue weighted by Gasteiger charge is -2.51. The molecule has 2 aromatic heterocycles. The van der Waals surface area contributed by atoms with Gasteiger partial charge in [-0.25, -0.2) is 9.18 Å². The minimum atomic E-state index is -2.89. The molecule has 0 aliphatic carbocycles. The third-order valence-electron chi connectivity index (χ3n) is 6.76. The molecule has 5 rings (SSSR count). The number of anilines is 1. The largest absolute Gasteiger partial charge is 0.465 e. The summed E-state index contributed by atoms with van der Waals surface area (Å²) in [5.74, 6) is -1.67. The molecule has 200 valence electrons. The first-order chi connectivity index (χ1) is 18.2. The Morgan fingerprint density at radius 3 is 2.53 bits per heavy atom. The van der Waals surface area contributed by atoms with Crippen molar-refractivity contribution in [1.29, 1.82) is 0 Å². The molecule has 13 heteroatoms. The molecule has 1 aromatic carbocycles. The molecule has 0 radical (unpaired) electrons. The van der Waals surface area contributed by atoms with E-state index in [1.165, 1.54) is 16.0 Å².